The lowest BCUT2D eigenvalue weighted by molar-refractivity contribution is 0.312. The van der Waals surface area contributed by atoms with Crippen LogP contribution in [0.1, 0.15) is 44.6 Å². The van der Waals surface area contributed by atoms with Crippen LogP contribution >= 0.6 is 0 Å². The monoisotopic (exact) mass is 309 g/mol. The van der Waals surface area contributed by atoms with E-state index in [1.54, 1.807) is 0 Å². The highest BCUT2D eigenvalue weighted by Crippen LogP contribution is 2.21. The van der Waals surface area contributed by atoms with Crippen LogP contribution < -0.4 is 4.74 Å². The highest BCUT2D eigenvalue weighted by Gasteiger charge is 2.01. The number of hydrogen-bond acceptors (Lipinski definition) is 2. The molecule has 2 rings (SSSR count). The quantitative estimate of drug-likeness (QED) is 0.407. The summed E-state index contributed by atoms with van der Waals surface area (Å²) in [6, 6.07) is 12.5. The topological polar surface area (TPSA) is 22.1 Å². The Morgan fingerprint density at radius 3 is 2.52 bits per heavy atom. The van der Waals surface area contributed by atoms with Crippen molar-refractivity contribution in [2.24, 2.45) is 0 Å². The molecule has 0 aliphatic rings. The van der Waals surface area contributed by atoms with Crippen LogP contribution in [0.15, 0.2) is 55.3 Å². The Balaban J connectivity index is 1.89. The maximum atomic E-state index is 5.70. The van der Waals surface area contributed by atoms with Crippen LogP contribution in [0.4, 0.5) is 0 Å². The van der Waals surface area contributed by atoms with E-state index in [0.29, 0.717) is 0 Å². The van der Waals surface area contributed by atoms with Crippen molar-refractivity contribution in [3.8, 4) is 17.0 Å². The lowest BCUT2D eigenvalue weighted by Gasteiger charge is -2.07. The summed E-state index contributed by atoms with van der Waals surface area (Å²) in [5, 5.41) is 0. The summed E-state index contributed by atoms with van der Waals surface area (Å²) in [6.45, 7) is 6.68. The number of ether oxygens (including phenoxy) is 1. The van der Waals surface area contributed by atoms with Gasteiger partial charge in [0.2, 0.25) is 0 Å². The van der Waals surface area contributed by atoms with Crippen molar-refractivity contribution in [1.29, 1.82) is 0 Å². The molecule has 0 fully saturated rings. The molecule has 2 nitrogen and oxygen atoms in total. The number of aromatic nitrogens is 1. The minimum absolute atomic E-state index is 0.732. The zero-order valence-electron chi connectivity index (χ0n) is 14.1. The lowest BCUT2D eigenvalue weighted by atomic mass is 10.1. The van der Waals surface area contributed by atoms with Crippen molar-refractivity contribution in [3.63, 3.8) is 0 Å². The predicted molar refractivity (Wildman–Crippen MR) is 97.8 cm³/mol. The van der Waals surface area contributed by atoms with Gasteiger partial charge in [-0.3, -0.25) is 4.98 Å². The maximum Gasteiger partial charge on any atom is 0.119 e. The number of hydrogen-bond donors (Lipinski definition) is 0. The van der Waals surface area contributed by atoms with Gasteiger partial charge in [0.05, 0.1) is 12.3 Å². The maximum absolute atomic E-state index is 5.70. The van der Waals surface area contributed by atoms with Crippen LogP contribution in [0.5, 0.6) is 5.75 Å². The molecule has 2 heteroatoms. The van der Waals surface area contributed by atoms with Gasteiger partial charge in [0.15, 0.2) is 0 Å². The number of allylic oxidation sites excluding steroid dienone is 1. The van der Waals surface area contributed by atoms with E-state index in [1.165, 1.54) is 24.8 Å². The molecule has 1 heterocycles. The van der Waals surface area contributed by atoms with Crippen LogP contribution in [-0.2, 0) is 6.42 Å². The fraction of sp³-hybridized carbons (Fsp3) is 0.381. The predicted octanol–water partition coefficient (Wildman–Crippen LogP) is 5.83. The van der Waals surface area contributed by atoms with E-state index in [4.69, 9.17) is 4.74 Å². The Morgan fingerprint density at radius 2 is 1.87 bits per heavy atom. The smallest absolute Gasteiger partial charge is 0.119 e. The van der Waals surface area contributed by atoms with E-state index in [1.807, 2.05) is 24.4 Å². The highest BCUT2D eigenvalue weighted by atomic mass is 16.5. The standard InChI is InChI=1S/C21H27NO/c1-3-5-7-9-18-10-15-21(22-17-18)19-11-13-20(14-12-19)23-16-8-6-4-2/h4,10-15,17H,2-3,5-9,16H2,1H3. The average molecular weight is 309 g/mol. The first kappa shape index (κ1) is 17.3. The summed E-state index contributed by atoms with van der Waals surface area (Å²) >= 11 is 0. The van der Waals surface area contributed by atoms with Crippen molar-refractivity contribution < 1.29 is 4.74 Å². The molecular weight excluding hydrogens is 282 g/mol. The van der Waals surface area contributed by atoms with Gasteiger partial charge in [-0.2, -0.15) is 0 Å². The molecule has 0 saturated carbocycles. The number of pyridine rings is 1. The molecule has 1 aromatic heterocycles. The van der Waals surface area contributed by atoms with Gasteiger partial charge in [0.1, 0.15) is 5.75 Å². The number of rotatable bonds is 10. The number of benzene rings is 1. The first-order valence-electron chi connectivity index (χ1n) is 8.62. The molecule has 23 heavy (non-hydrogen) atoms. The Morgan fingerprint density at radius 1 is 1.04 bits per heavy atom. The largest absolute Gasteiger partial charge is 0.494 e. The molecule has 0 aliphatic carbocycles. The first-order chi connectivity index (χ1) is 11.3. The molecule has 122 valence electrons. The molecule has 0 radical (unpaired) electrons. The second-order valence-electron chi connectivity index (χ2n) is 5.81. The van der Waals surface area contributed by atoms with Crippen LogP contribution in [0, 0.1) is 0 Å². The lowest BCUT2D eigenvalue weighted by Crippen LogP contribution is -1.96. The van der Waals surface area contributed by atoms with Crippen LogP contribution in [0.2, 0.25) is 0 Å². The van der Waals surface area contributed by atoms with Crippen LogP contribution in [-0.4, -0.2) is 11.6 Å². The van der Waals surface area contributed by atoms with Gasteiger partial charge in [0.25, 0.3) is 0 Å². The Kier molecular flexibility index (Phi) is 7.38. The zero-order chi connectivity index (χ0) is 16.3. The molecule has 2 aromatic rings. The van der Waals surface area contributed by atoms with E-state index in [9.17, 15) is 0 Å². The van der Waals surface area contributed by atoms with Crippen LogP contribution in [0.25, 0.3) is 11.3 Å². The Labute approximate surface area is 140 Å². The molecule has 0 saturated heterocycles. The SMILES string of the molecule is C=CCCCOc1ccc(-c2ccc(CCCCC)cn2)cc1. The van der Waals surface area contributed by atoms with E-state index < -0.39 is 0 Å². The third-order valence-electron chi connectivity index (χ3n) is 3.87. The molecule has 0 N–H and O–H groups in total. The summed E-state index contributed by atoms with van der Waals surface area (Å²) < 4.78 is 5.70. The van der Waals surface area contributed by atoms with Gasteiger partial charge in [-0.25, -0.2) is 0 Å². The van der Waals surface area contributed by atoms with Gasteiger partial charge >= 0.3 is 0 Å². The summed E-state index contributed by atoms with van der Waals surface area (Å²) in [6.07, 6.45) is 10.8. The molecule has 0 aliphatic heterocycles. The summed E-state index contributed by atoms with van der Waals surface area (Å²) in [5.41, 5.74) is 3.47. The minimum atomic E-state index is 0.732. The zero-order valence-corrected chi connectivity index (χ0v) is 14.1. The summed E-state index contributed by atoms with van der Waals surface area (Å²) in [4.78, 5) is 4.59. The van der Waals surface area contributed by atoms with Gasteiger partial charge in [-0.05, 0) is 61.6 Å². The van der Waals surface area contributed by atoms with Gasteiger partial charge in [-0.1, -0.05) is 31.9 Å². The van der Waals surface area contributed by atoms with Crippen molar-refractivity contribution in [1.82, 2.24) is 4.98 Å². The van der Waals surface area contributed by atoms with Crippen molar-refractivity contribution in [2.75, 3.05) is 6.61 Å². The fourth-order valence-corrected chi connectivity index (χ4v) is 2.46. The molecule has 0 atom stereocenters. The van der Waals surface area contributed by atoms with E-state index >= 15 is 0 Å². The van der Waals surface area contributed by atoms with Crippen molar-refractivity contribution in [3.05, 3.63) is 60.8 Å². The molecule has 0 spiro atoms. The summed E-state index contributed by atoms with van der Waals surface area (Å²) in [5.74, 6) is 0.911. The average Bonchev–Trinajstić information content (AvgIpc) is 2.60. The Bertz CT molecular complexity index is 572. The van der Waals surface area contributed by atoms with Crippen molar-refractivity contribution in [2.45, 2.75) is 45.4 Å². The second-order valence-corrected chi connectivity index (χ2v) is 5.81. The third kappa shape index (κ3) is 5.90. The minimum Gasteiger partial charge on any atom is -0.494 e. The van der Waals surface area contributed by atoms with E-state index in [-0.39, 0.29) is 0 Å². The van der Waals surface area contributed by atoms with Crippen LogP contribution in [0.3, 0.4) is 0 Å². The third-order valence-corrected chi connectivity index (χ3v) is 3.87. The second kappa shape index (κ2) is 9.83. The van der Waals surface area contributed by atoms with E-state index in [2.05, 4.69) is 42.8 Å². The fourth-order valence-electron chi connectivity index (χ4n) is 2.46. The first-order valence-corrected chi connectivity index (χ1v) is 8.62. The number of aryl methyl sites for hydroxylation is 1. The normalized spacial score (nSPS) is 10.5. The molecule has 0 bridgehead atoms. The number of unbranched alkanes of at least 4 members (excludes halogenated alkanes) is 3. The Hall–Kier alpha value is -2.09. The molecule has 1 aromatic carbocycles. The van der Waals surface area contributed by atoms with E-state index in [0.717, 1.165) is 42.9 Å². The number of nitrogens with zero attached hydrogens (tertiary/aromatic N) is 1. The summed E-state index contributed by atoms with van der Waals surface area (Å²) in [7, 11) is 0. The van der Waals surface area contributed by atoms with Gasteiger partial charge < -0.3 is 4.74 Å². The van der Waals surface area contributed by atoms with Gasteiger partial charge in [-0.15, -0.1) is 6.58 Å². The molecule has 0 unspecified atom stereocenters. The molecular formula is C21H27NO. The highest BCUT2D eigenvalue weighted by molar-refractivity contribution is 5.60. The molecule has 0 amide bonds. The van der Waals surface area contributed by atoms with Crippen molar-refractivity contribution >= 4 is 0 Å². The van der Waals surface area contributed by atoms with Gasteiger partial charge in [0, 0.05) is 11.8 Å².